The summed E-state index contributed by atoms with van der Waals surface area (Å²) in [6.45, 7) is 8.25. The number of hydrogen-bond donors (Lipinski definition) is 1. The number of halogens is 1. The van der Waals surface area contributed by atoms with Gasteiger partial charge in [0.1, 0.15) is 16.8 Å². The molecule has 2 rings (SSSR count). The lowest BCUT2D eigenvalue weighted by Crippen LogP contribution is -2.30. The zero-order chi connectivity index (χ0) is 20.8. The summed E-state index contributed by atoms with van der Waals surface area (Å²) >= 11 is 7.04. The van der Waals surface area contributed by atoms with Gasteiger partial charge in [0.05, 0.1) is 10.4 Å². The lowest BCUT2D eigenvalue weighted by Gasteiger charge is -2.17. The third kappa shape index (κ3) is 4.83. The molecule has 6 nitrogen and oxygen atoms in total. The molecule has 1 heterocycles. The number of amides is 2. The van der Waals surface area contributed by atoms with Crippen LogP contribution in [0.2, 0.25) is 5.02 Å². The number of nitriles is 1. The maximum absolute atomic E-state index is 12.7. The first-order chi connectivity index (χ1) is 13.3. The van der Waals surface area contributed by atoms with Crippen molar-refractivity contribution < 1.29 is 14.3 Å². The van der Waals surface area contributed by atoms with Gasteiger partial charge in [-0.2, -0.15) is 5.26 Å². The van der Waals surface area contributed by atoms with E-state index in [1.54, 1.807) is 43.0 Å². The molecule has 1 N–H and O–H groups in total. The molecule has 0 unspecified atom stereocenters. The standard InChI is InChI=1S/C20H22ClN3O3S/c1-5-24(6-2)20(26)17-12(3)16(11-22)19(28-17)23-18(25)13(4)27-15-9-7-8-14(21)10-15/h7-10,13H,5-6H2,1-4H3,(H,23,25)/t13-/m1/s1. The molecule has 0 radical (unpaired) electrons. The van der Waals surface area contributed by atoms with Crippen molar-refractivity contribution in [1.29, 1.82) is 5.26 Å². The van der Waals surface area contributed by atoms with Crippen LogP contribution in [0.15, 0.2) is 24.3 Å². The molecule has 2 aromatic rings. The highest BCUT2D eigenvalue weighted by atomic mass is 35.5. The first-order valence-electron chi connectivity index (χ1n) is 8.88. The lowest BCUT2D eigenvalue weighted by atomic mass is 10.1. The molecule has 0 bridgehead atoms. The average Bonchev–Trinajstić information content (AvgIpc) is 2.97. The second kappa shape index (κ2) is 9.58. The number of rotatable bonds is 7. The molecule has 2 amide bonds. The largest absolute Gasteiger partial charge is 0.481 e. The van der Waals surface area contributed by atoms with E-state index in [2.05, 4.69) is 11.4 Å². The number of anilines is 1. The Hall–Kier alpha value is -2.56. The maximum atomic E-state index is 12.7. The molecule has 8 heteroatoms. The summed E-state index contributed by atoms with van der Waals surface area (Å²) in [6.07, 6.45) is -0.811. The Labute approximate surface area is 173 Å². The first kappa shape index (κ1) is 21.7. The van der Waals surface area contributed by atoms with Gasteiger partial charge in [-0.25, -0.2) is 0 Å². The number of nitrogens with zero attached hydrogens (tertiary/aromatic N) is 2. The molecule has 0 saturated heterocycles. The van der Waals surface area contributed by atoms with Crippen LogP contribution in [-0.2, 0) is 4.79 Å². The molecule has 0 saturated carbocycles. The Morgan fingerprint density at radius 1 is 1.36 bits per heavy atom. The smallest absolute Gasteiger partial charge is 0.265 e. The van der Waals surface area contributed by atoms with Crippen LogP contribution in [-0.4, -0.2) is 35.9 Å². The third-order valence-corrected chi connectivity index (χ3v) is 5.65. The molecule has 0 fully saturated rings. The van der Waals surface area contributed by atoms with Gasteiger partial charge in [0.15, 0.2) is 6.10 Å². The topological polar surface area (TPSA) is 82.4 Å². The second-order valence-corrected chi connectivity index (χ2v) is 7.51. The van der Waals surface area contributed by atoms with Crippen molar-refractivity contribution in [3.8, 4) is 11.8 Å². The van der Waals surface area contributed by atoms with Crippen LogP contribution >= 0.6 is 22.9 Å². The van der Waals surface area contributed by atoms with Crippen LogP contribution in [0.5, 0.6) is 5.75 Å². The zero-order valence-electron chi connectivity index (χ0n) is 16.2. The first-order valence-corrected chi connectivity index (χ1v) is 10.1. The number of benzene rings is 1. The molecule has 28 heavy (non-hydrogen) atoms. The molecule has 148 valence electrons. The van der Waals surface area contributed by atoms with E-state index in [4.69, 9.17) is 16.3 Å². The summed E-state index contributed by atoms with van der Waals surface area (Å²) in [6, 6.07) is 8.83. The van der Waals surface area contributed by atoms with E-state index in [1.165, 1.54) is 0 Å². The van der Waals surface area contributed by atoms with Crippen molar-refractivity contribution in [3.63, 3.8) is 0 Å². The highest BCUT2D eigenvalue weighted by Crippen LogP contribution is 2.33. The number of carbonyl (C=O) groups is 2. The molecular formula is C20H22ClN3O3S. The molecule has 1 atom stereocenters. The molecular weight excluding hydrogens is 398 g/mol. The molecule has 0 aliphatic carbocycles. The summed E-state index contributed by atoms with van der Waals surface area (Å²) < 4.78 is 5.61. The van der Waals surface area contributed by atoms with E-state index in [1.807, 2.05) is 13.8 Å². The van der Waals surface area contributed by atoms with Crippen molar-refractivity contribution in [3.05, 3.63) is 45.3 Å². The number of thiophene rings is 1. The fraction of sp³-hybridized carbons (Fsp3) is 0.350. The van der Waals surface area contributed by atoms with Gasteiger partial charge in [-0.1, -0.05) is 17.7 Å². The van der Waals surface area contributed by atoms with E-state index in [0.717, 1.165) is 11.3 Å². The Bertz CT molecular complexity index is 916. The summed E-state index contributed by atoms with van der Waals surface area (Å²) in [5.74, 6) is -0.0947. The molecule has 1 aromatic carbocycles. The van der Waals surface area contributed by atoms with Gasteiger partial charge in [0, 0.05) is 18.1 Å². The van der Waals surface area contributed by atoms with E-state index in [0.29, 0.717) is 44.9 Å². The van der Waals surface area contributed by atoms with Crippen molar-refractivity contribution >= 4 is 39.8 Å². The fourth-order valence-corrected chi connectivity index (χ4v) is 3.91. The molecule has 1 aromatic heterocycles. The molecule has 0 spiro atoms. The van der Waals surface area contributed by atoms with E-state index in [-0.39, 0.29) is 5.91 Å². The summed E-state index contributed by atoms with van der Waals surface area (Å²) in [7, 11) is 0. The molecule has 0 aliphatic heterocycles. The summed E-state index contributed by atoms with van der Waals surface area (Å²) in [4.78, 5) is 27.4. The van der Waals surface area contributed by atoms with Gasteiger partial charge in [-0.3, -0.25) is 9.59 Å². The quantitative estimate of drug-likeness (QED) is 0.717. The van der Waals surface area contributed by atoms with Crippen LogP contribution in [0.3, 0.4) is 0 Å². The monoisotopic (exact) mass is 419 g/mol. The third-order valence-electron chi connectivity index (χ3n) is 4.22. The van der Waals surface area contributed by atoms with Crippen molar-refractivity contribution in [2.75, 3.05) is 18.4 Å². The second-order valence-electron chi connectivity index (χ2n) is 6.06. The average molecular weight is 420 g/mol. The van der Waals surface area contributed by atoms with Crippen molar-refractivity contribution in [2.45, 2.75) is 33.8 Å². The van der Waals surface area contributed by atoms with Gasteiger partial charge in [0.25, 0.3) is 11.8 Å². The van der Waals surface area contributed by atoms with Crippen LogP contribution in [0.25, 0.3) is 0 Å². The van der Waals surface area contributed by atoms with E-state index in [9.17, 15) is 14.9 Å². The number of nitrogens with one attached hydrogen (secondary N) is 1. The minimum atomic E-state index is -0.811. The fourth-order valence-electron chi connectivity index (χ4n) is 2.61. The van der Waals surface area contributed by atoms with Gasteiger partial charge in [0.2, 0.25) is 0 Å². The Morgan fingerprint density at radius 3 is 2.61 bits per heavy atom. The normalized spacial score (nSPS) is 11.4. The Kier molecular flexibility index (Phi) is 7.44. The Balaban J connectivity index is 2.21. The minimum Gasteiger partial charge on any atom is -0.481 e. The predicted molar refractivity (Wildman–Crippen MR) is 111 cm³/mol. The number of ether oxygens (including phenoxy) is 1. The van der Waals surface area contributed by atoms with Crippen LogP contribution in [0, 0.1) is 18.3 Å². The SMILES string of the molecule is CCN(CC)C(=O)c1sc(NC(=O)[C@@H](C)Oc2cccc(Cl)c2)c(C#N)c1C. The number of hydrogen-bond acceptors (Lipinski definition) is 5. The highest BCUT2D eigenvalue weighted by Gasteiger charge is 2.25. The Morgan fingerprint density at radius 2 is 2.04 bits per heavy atom. The maximum Gasteiger partial charge on any atom is 0.265 e. The highest BCUT2D eigenvalue weighted by molar-refractivity contribution is 7.18. The van der Waals surface area contributed by atoms with E-state index < -0.39 is 12.0 Å². The van der Waals surface area contributed by atoms with Crippen LogP contribution < -0.4 is 10.1 Å². The lowest BCUT2D eigenvalue weighted by molar-refractivity contribution is -0.122. The molecule has 0 aliphatic rings. The van der Waals surface area contributed by atoms with Gasteiger partial charge < -0.3 is 15.0 Å². The van der Waals surface area contributed by atoms with Gasteiger partial charge >= 0.3 is 0 Å². The summed E-state index contributed by atoms with van der Waals surface area (Å²) in [5.41, 5.74) is 0.868. The summed E-state index contributed by atoms with van der Waals surface area (Å²) in [5, 5.41) is 13.1. The van der Waals surface area contributed by atoms with Gasteiger partial charge in [-0.05, 0) is 51.5 Å². The van der Waals surface area contributed by atoms with Crippen molar-refractivity contribution in [1.82, 2.24) is 4.90 Å². The predicted octanol–water partition coefficient (Wildman–Crippen LogP) is 4.47. The van der Waals surface area contributed by atoms with E-state index >= 15 is 0 Å². The number of carbonyl (C=O) groups excluding carboxylic acids is 2. The van der Waals surface area contributed by atoms with Crippen molar-refractivity contribution in [2.24, 2.45) is 0 Å². The van der Waals surface area contributed by atoms with Crippen LogP contribution in [0.4, 0.5) is 5.00 Å². The van der Waals surface area contributed by atoms with Crippen LogP contribution in [0.1, 0.15) is 41.6 Å². The minimum absolute atomic E-state index is 0.146. The zero-order valence-corrected chi connectivity index (χ0v) is 17.8. The van der Waals surface area contributed by atoms with Gasteiger partial charge in [-0.15, -0.1) is 11.3 Å².